The van der Waals surface area contributed by atoms with E-state index in [1.165, 1.54) is 25.7 Å². The summed E-state index contributed by atoms with van der Waals surface area (Å²) < 4.78 is 7.52. The Hall–Kier alpha value is -1.03. The first-order valence-electron chi connectivity index (χ1n) is 7.59. The second kappa shape index (κ2) is 5.16. The summed E-state index contributed by atoms with van der Waals surface area (Å²) in [7, 11) is 1.71. The number of hydrogen-bond donors (Lipinski definition) is 1. The van der Waals surface area contributed by atoms with Crippen LogP contribution in [0.4, 0.5) is 0 Å². The summed E-state index contributed by atoms with van der Waals surface area (Å²) in [6.45, 7) is 3.09. The molecule has 2 saturated carbocycles. The van der Waals surface area contributed by atoms with Gasteiger partial charge in [0.1, 0.15) is 0 Å². The Kier molecular flexibility index (Phi) is 3.52. The Morgan fingerprint density at radius 3 is 2.89 bits per heavy atom. The van der Waals surface area contributed by atoms with Crippen LogP contribution in [0.1, 0.15) is 50.8 Å². The van der Waals surface area contributed by atoms with E-state index in [9.17, 15) is 0 Å². The van der Waals surface area contributed by atoms with E-state index in [0.29, 0.717) is 5.92 Å². The first-order chi connectivity index (χ1) is 9.24. The highest BCUT2D eigenvalue weighted by Gasteiger charge is 2.43. The van der Waals surface area contributed by atoms with Crippen LogP contribution in [-0.2, 0) is 6.54 Å². The number of nitrogens with two attached hydrogens (primary N) is 1. The molecule has 4 nitrogen and oxygen atoms in total. The Morgan fingerprint density at radius 2 is 2.32 bits per heavy atom. The van der Waals surface area contributed by atoms with Crippen molar-refractivity contribution in [1.29, 1.82) is 0 Å². The highest BCUT2D eigenvalue weighted by atomic mass is 16.5. The minimum absolute atomic E-state index is 0.0827. The molecular weight excluding hydrogens is 238 g/mol. The molecule has 0 radical (unpaired) electrons. The Bertz CT molecular complexity index is 443. The van der Waals surface area contributed by atoms with E-state index in [-0.39, 0.29) is 6.04 Å². The van der Waals surface area contributed by atoms with Crippen molar-refractivity contribution in [3.63, 3.8) is 0 Å². The Labute approximate surface area is 115 Å². The molecule has 1 heterocycles. The zero-order valence-corrected chi connectivity index (χ0v) is 12.0. The summed E-state index contributed by atoms with van der Waals surface area (Å²) in [5.74, 6) is 3.24. The summed E-state index contributed by atoms with van der Waals surface area (Å²) in [5, 5.41) is 4.44. The molecule has 0 saturated heterocycles. The van der Waals surface area contributed by atoms with Crippen LogP contribution in [-0.4, -0.2) is 16.9 Å². The molecule has 2 N–H and O–H groups in total. The lowest BCUT2D eigenvalue weighted by Gasteiger charge is -2.28. The van der Waals surface area contributed by atoms with Gasteiger partial charge in [0.2, 0.25) is 0 Å². The average Bonchev–Trinajstić information content (AvgIpc) is 3.12. The van der Waals surface area contributed by atoms with Gasteiger partial charge in [0.05, 0.1) is 25.0 Å². The van der Waals surface area contributed by atoms with E-state index in [1.54, 1.807) is 7.11 Å². The van der Waals surface area contributed by atoms with Crippen molar-refractivity contribution >= 4 is 0 Å². The van der Waals surface area contributed by atoms with E-state index >= 15 is 0 Å². The number of fused-ring (bicyclic) bond motifs is 2. The number of methoxy groups -OCH3 is 1. The molecule has 0 spiro atoms. The smallest absolute Gasteiger partial charge is 0.161 e. The molecule has 4 atom stereocenters. The SMILES string of the molecule is CCCn1ncc(OC)c1C(N)C1CC2CCC1C2. The van der Waals surface area contributed by atoms with E-state index in [1.807, 2.05) is 6.20 Å². The fraction of sp³-hybridized carbons (Fsp3) is 0.800. The van der Waals surface area contributed by atoms with Gasteiger partial charge in [-0.1, -0.05) is 13.3 Å². The van der Waals surface area contributed by atoms with E-state index in [2.05, 4.69) is 16.7 Å². The fourth-order valence-electron chi connectivity index (χ4n) is 4.20. The molecule has 2 fully saturated rings. The number of hydrogen-bond acceptors (Lipinski definition) is 3. The maximum Gasteiger partial charge on any atom is 0.161 e. The van der Waals surface area contributed by atoms with Crippen molar-refractivity contribution in [3.8, 4) is 5.75 Å². The second-order valence-corrected chi connectivity index (χ2v) is 6.19. The third-order valence-electron chi connectivity index (χ3n) is 5.07. The molecule has 4 heteroatoms. The molecule has 2 aliphatic carbocycles. The molecule has 1 aromatic rings. The van der Waals surface area contributed by atoms with Crippen LogP contribution >= 0.6 is 0 Å². The monoisotopic (exact) mass is 263 g/mol. The molecule has 3 rings (SSSR count). The van der Waals surface area contributed by atoms with Crippen LogP contribution in [0.5, 0.6) is 5.75 Å². The van der Waals surface area contributed by atoms with Gasteiger partial charge in [-0.25, -0.2) is 0 Å². The summed E-state index contributed by atoms with van der Waals surface area (Å²) in [6, 6.07) is 0.0827. The van der Waals surface area contributed by atoms with Gasteiger partial charge in [-0.2, -0.15) is 5.10 Å². The third kappa shape index (κ3) is 2.16. The summed E-state index contributed by atoms with van der Waals surface area (Å²) >= 11 is 0. The zero-order chi connectivity index (χ0) is 13.4. The van der Waals surface area contributed by atoms with Crippen LogP contribution in [0.2, 0.25) is 0 Å². The van der Waals surface area contributed by atoms with Gasteiger partial charge < -0.3 is 10.5 Å². The topological polar surface area (TPSA) is 53.1 Å². The number of ether oxygens (including phenoxy) is 1. The predicted molar refractivity (Wildman–Crippen MR) is 74.9 cm³/mol. The van der Waals surface area contributed by atoms with Crippen LogP contribution in [0.3, 0.4) is 0 Å². The quantitative estimate of drug-likeness (QED) is 0.888. The minimum Gasteiger partial charge on any atom is -0.493 e. The van der Waals surface area contributed by atoms with Crippen molar-refractivity contribution < 1.29 is 4.74 Å². The molecule has 0 amide bonds. The fourth-order valence-corrected chi connectivity index (χ4v) is 4.20. The molecule has 2 bridgehead atoms. The van der Waals surface area contributed by atoms with Gasteiger partial charge in [0.25, 0.3) is 0 Å². The number of rotatable bonds is 5. The van der Waals surface area contributed by atoms with Gasteiger partial charge in [-0.15, -0.1) is 0 Å². The van der Waals surface area contributed by atoms with Gasteiger partial charge in [0.15, 0.2) is 5.75 Å². The lowest BCUT2D eigenvalue weighted by Crippen LogP contribution is -2.28. The van der Waals surface area contributed by atoms with E-state index in [0.717, 1.165) is 36.2 Å². The van der Waals surface area contributed by atoms with Crippen molar-refractivity contribution in [1.82, 2.24) is 9.78 Å². The lowest BCUT2D eigenvalue weighted by atomic mass is 9.82. The number of nitrogens with zero attached hydrogens (tertiary/aromatic N) is 2. The molecule has 1 aromatic heterocycles. The summed E-state index contributed by atoms with van der Waals surface area (Å²) in [6.07, 6.45) is 8.36. The molecule has 0 aromatic carbocycles. The first kappa shape index (κ1) is 13.0. The summed E-state index contributed by atoms with van der Waals surface area (Å²) in [5.41, 5.74) is 7.71. The molecule has 0 aliphatic heterocycles. The molecular formula is C15H25N3O. The number of aryl methyl sites for hydroxylation is 1. The highest BCUT2D eigenvalue weighted by Crippen LogP contribution is 2.52. The Morgan fingerprint density at radius 1 is 1.47 bits per heavy atom. The van der Waals surface area contributed by atoms with E-state index < -0.39 is 0 Å². The zero-order valence-electron chi connectivity index (χ0n) is 12.0. The first-order valence-corrected chi connectivity index (χ1v) is 7.59. The predicted octanol–water partition coefficient (Wildman–Crippen LogP) is 2.74. The van der Waals surface area contributed by atoms with Gasteiger partial charge in [-0.05, 0) is 43.4 Å². The molecule has 19 heavy (non-hydrogen) atoms. The third-order valence-corrected chi connectivity index (χ3v) is 5.07. The summed E-state index contributed by atoms with van der Waals surface area (Å²) in [4.78, 5) is 0. The van der Waals surface area contributed by atoms with Gasteiger partial charge in [0, 0.05) is 6.54 Å². The molecule has 4 unspecified atom stereocenters. The standard InChI is InChI=1S/C15H25N3O/c1-3-6-18-15(13(19-2)9-17-18)14(16)12-8-10-4-5-11(12)7-10/h9-12,14H,3-8,16H2,1-2H3. The largest absolute Gasteiger partial charge is 0.493 e. The molecule has 2 aliphatic rings. The van der Waals surface area contributed by atoms with Crippen LogP contribution in [0, 0.1) is 17.8 Å². The van der Waals surface area contributed by atoms with Crippen molar-refractivity contribution in [3.05, 3.63) is 11.9 Å². The van der Waals surface area contributed by atoms with Crippen LogP contribution in [0.15, 0.2) is 6.20 Å². The van der Waals surface area contributed by atoms with Crippen molar-refractivity contribution in [2.75, 3.05) is 7.11 Å². The maximum absolute atomic E-state index is 6.60. The van der Waals surface area contributed by atoms with Crippen molar-refractivity contribution in [2.24, 2.45) is 23.5 Å². The normalized spacial score (nSPS) is 30.8. The molecule has 106 valence electrons. The highest BCUT2D eigenvalue weighted by molar-refractivity contribution is 5.29. The maximum atomic E-state index is 6.60. The lowest BCUT2D eigenvalue weighted by molar-refractivity contribution is 0.269. The Balaban J connectivity index is 1.85. The van der Waals surface area contributed by atoms with Gasteiger partial charge >= 0.3 is 0 Å². The van der Waals surface area contributed by atoms with E-state index in [4.69, 9.17) is 10.5 Å². The van der Waals surface area contributed by atoms with Crippen LogP contribution in [0.25, 0.3) is 0 Å². The average molecular weight is 263 g/mol. The second-order valence-electron chi connectivity index (χ2n) is 6.19. The van der Waals surface area contributed by atoms with Crippen LogP contribution < -0.4 is 10.5 Å². The van der Waals surface area contributed by atoms with Crippen molar-refractivity contribution in [2.45, 2.75) is 51.6 Å². The van der Waals surface area contributed by atoms with Gasteiger partial charge in [-0.3, -0.25) is 4.68 Å². The minimum atomic E-state index is 0.0827. The number of aromatic nitrogens is 2.